The lowest BCUT2D eigenvalue weighted by atomic mass is 10.2. The monoisotopic (exact) mass is 301 g/mol. The molecule has 1 aromatic carbocycles. The summed E-state index contributed by atoms with van der Waals surface area (Å²) < 4.78 is -0.545. The van der Waals surface area contributed by atoms with Gasteiger partial charge >= 0.3 is 0 Å². The Bertz CT molecular complexity index is 374. The highest BCUT2D eigenvalue weighted by Gasteiger charge is 2.24. The minimum absolute atomic E-state index is 0.0309. The topological polar surface area (TPSA) is 29.1 Å². The molecular weight excluding hydrogens is 286 g/mol. The molecule has 1 amide bonds. The Labute approximate surface area is 109 Å². The van der Waals surface area contributed by atoms with Crippen molar-refractivity contribution in [1.82, 2.24) is 0 Å². The molecule has 0 bridgehead atoms. The Morgan fingerprint density at radius 2 is 2.06 bits per heavy atom. The minimum Gasteiger partial charge on any atom is -0.324 e. The number of rotatable bonds is 4. The first kappa shape index (κ1) is 13.6. The molecule has 0 aromatic heterocycles. The van der Waals surface area contributed by atoms with Crippen LogP contribution in [-0.2, 0) is 4.79 Å². The van der Waals surface area contributed by atoms with Crippen LogP contribution in [0.4, 0.5) is 5.69 Å². The van der Waals surface area contributed by atoms with Gasteiger partial charge in [-0.15, -0.1) is 11.8 Å². The van der Waals surface area contributed by atoms with Crippen LogP contribution in [0.3, 0.4) is 0 Å². The van der Waals surface area contributed by atoms with Gasteiger partial charge in [-0.3, -0.25) is 4.79 Å². The van der Waals surface area contributed by atoms with Gasteiger partial charge in [-0.05, 0) is 31.7 Å². The average molecular weight is 302 g/mol. The molecule has 0 fully saturated rings. The Morgan fingerprint density at radius 1 is 1.44 bits per heavy atom. The molecule has 2 nitrogen and oxygen atoms in total. The highest BCUT2D eigenvalue weighted by atomic mass is 79.9. The number of benzene rings is 1. The molecule has 0 radical (unpaired) electrons. The third-order valence-electron chi connectivity index (χ3n) is 1.98. The Kier molecular flexibility index (Phi) is 4.87. The van der Waals surface area contributed by atoms with Gasteiger partial charge < -0.3 is 5.32 Å². The van der Waals surface area contributed by atoms with E-state index in [1.165, 1.54) is 0 Å². The standard InChI is InChI=1S/C12H16BrNOS/c1-4-16-10-8-6-5-7-9(10)14-11(15)12(2,3)13/h5-8H,4H2,1-3H3,(H,14,15). The van der Waals surface area contributed by atoms with Crippen LogP contribution in [-0.4, -0.2) is 16.0 Å². The van der Waals surface area contributed by atoms with Gasteiger partial charge in [-0.2, -0.15) is 0 Å². The van der Waals surface area contributed by atoms with Crippen LogP contribution in [0.1, 0.15) is 20.8 Å². The number of thioether (sulfide) groups is 1. The summed E-state index contributed by atoms with van der Waals surface area (Å²) in [7, 11) is 0. The number of amides is 1. The van der Waals surface area contributed by atoms with E-state index in [9.17, 15) is 4.79 Å². The van der Waals surface area contributed by atoms with Gasteiger partial charge in [-0.25, -0.2) is 0 Å². The summed E-state index contributed by atoms with van der Waals surface area (Å²) in [6.45, 7) is 5.76. The number of para-hydroxylation sites is 1. The van der Waals surface area contributed by atoms with Crippen LogP contribution in [0, 0.1) is 0 Å². The van der Waals surface area contributed by atoms with E-state index in [0.717, 1.165) is 16.3 Å². The molecule has 1 N–H and O–H groups in total. The van der Waals surface area contributed by atoms with Crippen LogP contribution in [0.5, 0.6) is 0 Å². The predicted octanol–water partition coefficient (Wildman–Crippen LogP) is 3.91. The van der Waals surface area contributed by atoms with Crippen LogP contribution in [0.15, 0.2) is 29.2 Å². The summed E-state index contributed by atoms with van der Waals surface area (Å²) in [6.07, 6.45) is 0. The number of hydrogen-bond acceptors (Lipinski definition) is 2. The Morgan fingerprint density at radius 3 is 2.62 bits per heavy atom. The van der Waals surface area contributed by atoms with Gasteiger partial charge in [0.1, 0.15) is 0 Å². The second kappa shape index (κ2) is 5.73. The fourth-order valence-corrected chi connectivity index (χ4v) is 1.98. The van der Waals surface area contributed by atoms with Gasteiger partial charge in [0.2, 0.25) is 5.91 Å². The van der Waals surface area contributed by atoms with Crippen LogP contribution in [0.2, 0.25) is 0 Å². The SMILES string of the molecule is CCSc1ccccc1NC(=O)C(C)(C)Br. The van der Waals surface area contributed by atoms with E-state index >= 15 is 0 Å². The van der Waals surface area contributed by atoms with Crippen LogP contribution < -0.4 is 5.32 Å². The van der Waals surface area contributed by atoms with E-state index in [4.69, 9.17) is 0 Å². The highest BCUT2D eigenvalue weighted by Crippen LogP contribution is 2.28. The molecule has 0 aliphatic rings. The first-order valence-corrected chi connectivity index (χ1v) is 6.95. The van der Waals surface area contributed by atoms with Crippen molar-refractivity contribution in [3.05, 3.63) is 24.3 Å². The predicted molar refractivity (Wildman–Crippen MR) is 74.5 cm³/mol. The maximum Gasteiger partial charge on any atom is 0.240 e. The van der Waals surface area contributed by atoms with Gasteiger partial charge in [0.25, 0.3) is 0 Å². The molecule has 0 aliphatic carbocycles. The summed E-state index contributed by atoms with van der Waals surface area (Å²) in [5.74, 6) is 0.960. The second-order valence-electron chi connectivity index (χ2n) is 3.86. The number of carbonyl (C=O) groups excluding carboxylic acids is 1. The number of anilines is 1. The van der Waals surface area contributed by atoms with Crippen molar-refractivity contribution >= 4 is 39.3 Å². The third-order valence-corrected chi connectivity index (χ3v) is 3.29. The number of nitrogens with one attached hydrogen (secondary N) is 1. The van der Waals surface area contributed by atoms with E-state index in [1.54, 1.807) is 11.8 Å². The molecule has 16 heavy (non-hydrogen) atoms. The van der Waals surface area contributed by atoms with Gasteiger partial charge in [0, 0.05) is 4.90 Å². The Hall–Kier alpha value is -0.480. The fraction of sp³-hybridized carbons (Fsp3) is 0.417. The van der Waals surface area contributed by atoms with E-state index in [-0.39, 0.29) is 5.91 Å². The Balaban J connectivity index is 2.84. The molecule has 0 heterocycles. The largest absolute Gasteiger partial charge is 0.324 e. The molecule has 1 aromatic rings. The zero-order valence-corrected chi connectivity index (χ0v) is 12.1. The van der Waals surface area contributed by atoms with E-state index < -0.39 is 4.32 Å². The summed E-state index contributed by atoms with van der Waals surface area (Å²) in [5, 5.41) is 2.93. The zero-order chi connectivity index (χ0) is 12.2. The first-order valence-electron chi connectivity index (χ1n) is 5.17. The number of hydrogen-bond donors (Lipinski definition) is 1. The van der Waals surface area contributed by atoms with Crippen molar-refractivity contribution < 1.29 is 4.79 Å². The molecule has 0 atom stereocenters. The maximum atomic E-state index is 11.8. The van der Waals surface area contributed by atoms with Crippen molar-refractivity contribution in [3.8, 4) is 0 Å². The number of carbonyl (C=O) groups is 1. The minimum atomic E-state index is -0.545. The normalized spacial score (nSPS) is 11.2. The van der Waals surface area contributed by atoms with Crippen molar-refractivity contribution in [1.29, 1.82) is 0 Å². The van der Waals surface area contributed by atoms with Gasteiger partial charge in [0.05, 0.1) is 10.0 Å². The van der Waals surface area contributed by atoms with Gasteiger partial charge in [0.15, 0.2) is 0 Å². The van der Waals surface area contributed by atoms with Crippen molar-refractivity contribution in [3.63, 3.8) is 0 Å². The molecule has 4 heteroatoms. The van der Waals surface area contributed by atoms with Crippen LogP contribution >= 0.6 is 27.7 Å². The molecule has 0 aliphatic heterocycles. The molecule has 0 saturated heterocycles. The van der Waals surface area contributed by atoms with Crippen molar-refractivity contribution in [2.24, 2.45) is 0 Å². The maximum absolute atomic E-state index is 11.8. The molecule has 0 saturated carbocycles. The summed E-state index contributed by atoms with van der Waals surface area (Å²) in [5.41, 5.74) is 0.881. The lowest BCUT2D eigenvalue weighted by Gasteiger charge is -2.17. The number of alkyl halides is 1. The summed E-state index contributed by atoms with van der Waals surface area (Å²) >= 11 is 5.07. The molecule has 0 spiro atoms. The molecule has 88 valence electrons. The van der Waals surface area contributed by atoms with E-state index in [2.05, 4.69) is 28.2 Å². The molecular formula is C12H16BrNOS. The number of halogens is 1. The van der Waals surface area contributed by atoms with Crippen molar-refractivity contribution in [2.75, 3.05) is 11.1 Å². The third kappa shape index (κ3) is 3.83. The van der Waals surface area contributed by atoms with Crippen molar-refractivity contribution in [2.45, 2.75) is 30.0 Å². The second-order valence-corrected chi connectivity index (χ2v) is 7.14. The summed E-state index contributed by atoms with van der Waals surface area (Å²) in [6, 6.07) is 7.85. The molecule has 1 rings (SSSR count). The lowest BCUT2D eigenvalue weighted by Crippen LogP contribution is -2.31. The lowest BCUT2D eigenvalue weighted by molar-refractivity contribution is -0.117. The van der Waals surface area contributed by atoms with Crippen LogP contribution in [0.25, 0.3) is 0 Å². The zero-order valence-electron chi connectivity index (χ0n) is 9.71. The molecule has 0 unspecified atom stereocenters. The first-order chi connectivity index (χ1) is 7.45. The average Bonchev–Trinajstić information content (AvgIpc) is 2.20. The van der Waals surface area contributed by atoms with E-state index in [0.29, 0.717) is 0 Å². The summed E-state index contributed by atoms with van der Waals surface area (Å²) in [4.78, 5) is 12.9. The highest BCUT2D eigenvalue weighted by molar-refractivity contribution is 9.10. The quantitative estimate of drug-likeness (QED) is 0.675. The fourth-order valence-electron chi connectivity index (χ4n) is 1.12. The smallest absolute Gasteiger partial charge is 0.240 e. The van der Waals surface area contributed by atoms with E-state index in [1.807, 2.05) is 38.1 Å². The van der Waals surface area contributed by atoms with Gasteiger partial charge in [-0.1, -0.05) is 35.0 Å².